The first-order valence-corrected chi connectivity index (χ1v) is 4.67. The molecule has 4 heteroatoms. The predicted octanol–water partition coefficient (Wildman–Crippen LogP) is 0.403. The van der Waals surface area contributed by atoms with Crippen LogP contribution in [-0.4, -0.2) is 41.3 Å². The molecule has 2 heterocycles. The van der Waals surface area contributed by atoms with Crippen LogP contribution in [0.4, 0.5) is 0 Å². The van der Waals surface area contributed by atoms with Crippen LogP contribution in [0.3, 0.4) is 0 Å². The highest BCUT2D eigenvalue weighted by Gasteiger charge is 2.30. The number of rotatable bonds is 2. The Hall–Kier alpha value is -0.970. The lowest BCUT2D eigenvalue weighted by molar-refractivity contribution is -0.0140. The molecule has 0 bridgehead atoms. The van der Waals surface area contributed by atoms with E-state index in [9.17, 15) is 0 Å². The van der Waals surface area contributed by atoms with Crippen molar-refractivity contribution in [2.75, 3.05) is 20.2 Å². The molecule has 0 aromatic carbocycles. The Labute approximate surface area is 83.1 Å². The van der Waals surface area contributed by atoms with E-state index in [0.717, 1.165) is 12.1 Å². The first-order valence-electron chi connectivity index (χ1n) is 4.67. The zero-order valence-corrected chi connectivity index (χ0v) is 8.13. The van der Waals surface area contributed by atoms with E-state index in [1.54, 1.807) is 12.4 Å². The number of likely N-dealkylation sites (N-methyl/N-ethyl adjacent to an activating group) is 1. The molecule has 76 valence electrons. The second-order valence-electron chi connectivity index (χ2n) is 3.52. The molecule has 1 saturated heterocycles. The summed E-state index contributed by atoms with van der Waals surface area (Å²) in [5.74, 6) is 0. The van der Waals surface area contributed by atoms with Crippen molar-refractivity contribution < 1.29 is 9.84 Å². The first kappa shape index (κ1) is 9.58. The normalized spacial score (nSPS) is 28.1. The summed E-state index contributed by atoms with van der Waals surface area (Å²) in [6.07, 6.45) is 3.38. The predicted molar refractivity (Wildman–Crippen MR) is 51.6 cm³/mol. The SMILES string of the molecule is CN1CC(CO)OC1c1cccnc1. The fourth-order valence-electron chi connectivity index (χ4n) is 1.70. The van der Waals surface area contributed by atoms with Gasteiger partial charge in [-0.1, -0.05) is 6.07 Å². The molecule has 4 nitrogen and oxygen atoms in total. The van der Waals surface area contributed by atoms with Crippen molar-refractivity contribution in [3.63, 3.8) is 0 Å². The van der Waals surface area contributed by atoms with Crippen LogP contribution in [0, 0.1) is 0 Å². The van der Waals surface area contributed by atoms with E-state index in [-0.39, 0.29) is 18.9 Å². The van der Waals surface area contributed by atoms with Crippen LogP contribution >= 0.6 is 0 Å². The standard InChI is InChI=1S/C10H14N2O2/c1-12-6-9(7-13)14-10(12)8-3-2-4-11-5-8/h2-5,9-10,13H,6-7H2,1H3. The molecule has 14 heavy (non-hydrogen) atoms. The van der Waals surface area contributed by atoms with Gasteiger partial charge in [-0.25, -0.2) is 0 Å². The maximum absolute atomic E-state index is 8.98. The molecule has 0 radical (unpaired) electrons. The zero-order valence-electron chi connectivity index (χ0n) is 8.13. The van der Waals surface area contributed by atoms with Crippen LogP contribution < -0.4 is 0 Å². The molecule has 2 rings (SSSR count). The van der Waals surface area contributed by atoms with E-state index in [1.807, 2.05) is 19.2 Å². The van der Waals surface area contributed by atoms with Gasteiger partial charge >= 0.3 is 0 Å². The average Bonchev–Trinajstić information content (AvgIpc) is 2.61. The Bertz CT molecular complexity index is 291. The highest BCUT2D eigenvalue weighted by molar-refractivity contribution is 5.12. The van der Waals surface area contributed by atoms with Crippen LogP contribution in [0.15, 0.2) is 24.5 Å². The summed E-state index contributed by atoms with van der Waals surface area (Å²) < 4.78 is 5.64. The van der Waals surface area contributed by atoms with Gasteiger partial charge in [0.1, 0.15) is 6.23 Å². The Morgan fingerprint density at radius 2 is 2.57 bits per heavy atom. The van der Waals surface area contributed by atoms with E-state index in [0.29, 0.717) is 0 Å². The summed E-state index contributed by atoms with van der Waals surface area (Å²) in [6, 6.07) is 3.87. The Morgan fingerprint density at radius 3 is 3.14 bits per heavy atom. The van der Waals surface area contributed by atoms with Crippen LogP contribution in [0.2, 0.25) is 0 Å². The summed E-state index contributed by atoms with van der Waals surface area (Å²) in [5.41, 5.74) is 1.03. The number of pyridine rings is 1. The molecule has 1 aromatic rings. The second kappa shape index (κ2) is 4.04. The van der Waals surface area contributed by atoms with Crippen molar-refractivity contribution >= 4 is 0 Å². The van der Waals surface area contributed by atoms with E-state index < -0.39 is 0 Å². The van der Waals surface area contributed by atoms with Gasteiger partial charge in [-0.3, -0.25) is 9.88 Å². The van der Waals surface area contributed by atoms with E-state index >= 15 is 0 Å². The Kier molecular flexibility index (Phi) is 2.77. The third kappa shape index (κ3) is 1.77. The monoisotopic (exact) mass is 194 g/mol. The quantitative estimate of drug-likeness (QED) is 0.740. The third-order valence-corrected chi connectivity index (χ3v) is 2.39. The van der Waals surface area contributed by atoms with Gasteiger partial charge in [0.05, 0.1) is 12.7 Å². The second-order valence-corrected chi connectivity index (χ2v) is 3.52. The molecule has 1 fully saturated rings. The summed E-state index contributed by atoms with van der Waals surface area (Å²) in [7, 11) is 1.98. The lowest BCUT2D eigenvalue weighted by Crippen LogP contribution is -2.20. The molecule has 1 aromatic heterocycles. The lowest BCUT2D eigenvalue weighted by atomic mass is 10.2. The van der Waals surface area contributed by atoms with Gasteiger partial charge in [-0.15, -0.1) is 0 Å². The number of hydrogen-bond donors (Lipinski definition) is 1. The number of aliphatic hydroxyl groups is 1. The highest BCUT2D eigenvalue weighted by atomic mass is 16.5. The number of aliphatic hydroxyl groups excluding tert-OH is 1. The third-order valence-electron chi connectivity index (χ3n) is 2.39. The van der Waals surface area contributed by atoms with E-state index in [2.05, 4.69) is 9.88 Å². The number of aromatic nitrogens is 1. The minimum atomic E-state index is -0.0785. The highest BCUT2D eigenvalue weighted by Crippen LogP contribution is 2.27. The first-order chi connectivity index (χ1) is 6.81. The molecule has 0 spiro atoms. The van der Waals surface area contributed by atoms with Gasteiger partial charge in [0, 0.05) is 24.5 Å². The van der Waals surface area contributed by atoms with Crippen molar-refractivity contribution in [2.24, 2.45) is 0 Å². The molecule has 2 unspecified atom stereocenters. The largest absolute Gasteiger partial charge is 0.394 e. The van der Waals surface area contributed by atoms with E-state index in [1.165, 1.54) is 0 Å². The molecule has 0 saturated carbocycles. The van der Waals surface area contributed by atoms with Crippen molar-refractivity contribution in [2.45, 2.75) is 12.3 Å². The minimum Gasteiger partial charge on any atom is -0.394 e. The topological polar surface area (TPSA) is 45.6 Å². The van der Waals surface area contributed by atoms with Gasteiger partial charge in [-0.2, -0.15) is 0 Å². The molecular formula is C10H14N2O2. The summed E-state index contributed by atoms with van der Waals surface area (Å²) in [6.45, 7) is 0.831. The van der Waals surface area contributed by atoms with Gasteiger partial charge in [0.25, 0.3) is 0 Å². The van der Waals surface area contributed by atoms with Crippen molar-refractivity contribution in [1.29, 1.82) is 0 Å². The molecule has 1 N–H and O–H groups in total. The van der Waals surface area contributed by atoms with Gasteiger partial charge in [0.15, 0.2) is 0 Å². The Morgan fingerprint density at radius 1 is 1.71 bits per heavy atom. The van der Waals surface area contributed by atoms with E-state index in [4.69, 9.17) is 9.84 Å². The Balaban J connectivity index is 2.13. The molecule has 2 atom stereocenters. The fraction of sp³-hybridized carbons (Fsp3) is 0.500. The summed E-state index contributed by atoms with van der Waals surface area (Å²) >= 11 is 0. The summed E-state index contributed by atoms with van der Waals surface area (Å²) in [5, 5.41) is 8.98. The van der Waals surface area contributed by atoms with Crippen LogP contribution in [0.5, 0.6) is 0 Å². The number of nitrogens with zero attached hydrogens (tertiary/aromatic N) is 2. The average molecular weight is 194 g/mol. The molecule has 0 aliphatic carbocycles. The smallest absolute Gasteiger partial charge is 0.138 e. The molecule has 0 amide bonds. The van der Waals surface area contributed by atoms with Crippen LogP contribution in [0.25, 0.3) is 0 Å². The lowest BCUT2D eigenvalue weighted by Gasteiger charge is -2.17. The maximum Gasteiger partial charge on any atom is 0.138 e. The number of ether oxygens (including phenoxy) is 1. The van der Waals surface area contributed by atoms with Crippen molar-refractivity contribution in [1.82, 2.24) is 9.88 Å². The zero-order chi connectivity index (χ0) is 9.97. The van der Waals surface area contributed by atoms with Crippen LogP contribution in [-0.2, 0) is 4.74 Å². The van der Waals surface area contributed by atoms with Gasteiger partial charge in [-0.05, 0) is 13.1 Å². The minimum absolute atomic E-state index is 0.0687. The van der Waals surface area contributed by atoms with Crippen molar-refractivity contribution in [3.05, 3.63) is 30.1 Å². The molecular weight excluding hydrogens is 180 g/mol. The molecule has 1 aliphatic heterocycles. The van der Waals surface area contributed by atoms with Gasteiger partial charge in [0.2, 0.25) is 0 Å². The van der Waals surface area contributed by atoms with Gasteiger partial charge < -0.3 is 9.84 Å². The molecule has 1 aliphatic rings. The van der Waals surface area contributed by atoms with Crippen LogP contribution in [0.1, 0.15) is 11.8 Å². The fourth-order valence-corrected chi connectivity index (χ4v) is 1.70. The maximum atomic E-state index is 8.98. The van der Waals surface area contributed by atoms with Crippen molar-refractivity contribution in [3.8, 4) is 0 Å². The number of hydrogen-bond acceptors (Lipinski definition) is 4. The summed E-state index contributed by atoms with van der Waals surface area (Å²) in [4.78, 5) is 6.11.